The Morgan fingerprint density at radius 3 is 2.23 bits per heavy atom. The molecule has 3 N–H and O–H groups in total. The Morgan fingerprint density at radius 1 is 0.925 bits per heavy atom. The third-order valence-electron chi connectivity index (χ3n) is 6.34. The molecule has 0 bridgehead atoms. The number of ether oxygens (including phenoxy) is 1. The van der Waals surface area contributed by atoms with Crippen molar-refractivity contribution >= 4 is 35.0 Å². The lowest BCUT2D eigenvalue weighted by atomic mass is 10.0. The molecular formula is C28H30F2N6O4. The van der Waals surface area contributed by atoms with E-state index in [9.17, 15) is 23.2 Å². The van der Waals surface area contributed by atoms with Crippen LogP contribution in [0.1, 0.15) is 19.3 Å². The summed E-state index contributed by atoms with van der Waals surface area (Å²) in [6.45, 7) is 1.27. The van der Waals surface area contributed by atoms with Gasteiger partial charge in [0.25, 0.3) is 0 Å². The van der Waals surface area contributed by atoms with Gasteiger partial charge >= 0.3 is 6.03 Å². The van der Waals surface area contributed by atoms with Crippen molar-refractivity contribution in [2.45, 2.75) is 25.3 Å². The van der Waals surface area contributed by atoms with Crippen molar-refractivity contribution in [3.63, 3.8) is 0 Å². The first-order valence-corrected chi connectivity index (χ1v) is 12.7. The fourth-order valence-corrected chi connectivity index (χ4v) is 4.19. The van der Waals surface area contributed by atoms with Crippen LogP contribution in [0.5, 0.6) is 11.5 Å². The lowest BCUT2D eigenvalue weighted by Gasteiger charge is -2.35. The second-order valence-corrected chi connectivity index (χ2v) is 9.52. The summed E-state index contributed by atoms with van der Waals surface area (Å²) in [5, 5.41) is 7.68. The summed E-state index contributed by atoms with van der Waals surface area (Å²) in [5.74, 6) is -2.06. The summed E-state index contributed by atoms with van der Waals surface area (Å²) in [4.78, 5) is 44.9. The van der Waals surface area contributed by atoms with Gasteiger partial charge in [-0.15, -0.1) is 0 Å². The molecule has 1 aliphatic heterocycles. The second kappa shape index (κ2) is 13.0. The van der Waals surface area contributed by atoms with E-state index in [0.717, 1.165) is 18.9 Å². The van der Waals surface area contributed by atoms with Gasteiger partial charge in [-0.3, -0.25) is 14.9 Å². The van der Waals surface area contributed by atoms with Crippen LogP contribution in [0.25, 0.3) is 0 Å². The van der Waals surface area contributed by atoms with Crippen molar-refractivity contribution in [1.82, 2.24) is 14.8 Å². The molecule has 1 fully saturated rings. The number of pyridine rings is 1. The Kier molecular flexibility index (Phi) is 9.23. The molecule has 0 unspecified atom stereocenters. The Balaban J connectivity index is 1.29. The second-order valence-electron chi connectivity index (χ2n) is 9.52. The van der Waals surface area contributed by atoms with Crippen LogP contribution < -0.4 is 20.7 Å². The maximum absolute atomic E-state index is 14.7. The number of nitrogens with one attached hydrogen (secondary N) is 3. The van der Waals surface area contributed by atoms with Crippen molar-refractivity contribution in [3.8, 4) is 11.5 Å². The zero-order valence-electron chi connectivity index (χ0n) is 22.1. The number of hydrogen-bond acceptors (Lipinski definition) is 6. The highest BCUT2D eigenvalue weighted by Gasteiger charge is 2.24. The summed E-state index contributed by atoms with van der Waals surface area (Å²) in [6, 6.07) is 12.1. The van der Waals surface area contributed by atoms with Gasteiger partial charge in [0.15, 0.2) is 11.6 Å². The van der Waals surface area contributed by atoms with Crippen LogP contribution in [-0.4, -0.2) is 65.9 Å². The average Bonchev–Trinajstić information content (AvgIpc) is 2.91. The molecule has 4 rings (SSSR count). The molecule has 1 saturated heterocycles. The number of piperidine rings is 1. The number of carbonyl (C=O) groups is 3. The monoisotopic (exact) mass is 552 g/mol. The molecule has 210 valence electrons. The molecule has 40 heavy (non-hydrogen) atoms. The van der Waals surface area contributed by atoms with Gasteiger partial charge in [0.2, 0.25) is 11.8 Å². The first-order valence-electron chi connectivity index (χ1n) is 12.7. The molecule has 4 amide bonds. The molecule has 1 aliphatic rings. The number of benzene rings is 2. The van der Waals surface area contributed by atoms with Crippen LogP contribution in [0, 0.1) is 11.6 Å². The summed E-state index contributed by atoms with van der Waals surface area (Å²) < 4.78 is 33.3. The van der Waals surface area contributed by atoms with E-state index in [1.165, 1.54) is 54.7 Å². The van der Waals surface area contributed by atoms with Crippen LogP contribution in [0.2, 0.25) is 0 Å². The molecule has 0 atom stereocenters. The molecule has 0 spiro atoms. The standard InChI is InChI=1S/C28H30F2N6O4/c1-35(2)21-10-13-36(14-11-21)28(39)34-25-16-22(9-12-31-25)40-24-8-7-20(15-23(24)30)33-27(38)17-26(37)32-19-5-3-18(29)4-6-19/h3-9,12,15-16,21H,10-11,13-14,17H2,1-2H3,(H,32,37)(H,33,38)(H,31,34,39). The number of aromatic nitrogens is 1. The van der Waals surface area contributed by atoms with Gasteiger partial charge in [-0.1, -0.05) is 0 Å². The van der Waals surface area contributed by atoms with E-state index in [1.54, 1.807) is 4.90 Å². The third kappa shape index (κ3) is 7.96. The normalized spacial score (nSPS) is 13.6. The third-order valence-corrected chi connectivity index (χ3v) is 6.34. The van der Waals surface area contributed by atoms with Gasteiger partial charge in [-0.05, 0) is 69.4 Å². The number of hydrogen-bond donors (Lipinski definition) is 3. The number of nitrogens with zero attached hydrogens (tertiary/aromatic N) is 3. The topological polar surface area (TPSA) is 116 Å². The Labute approximate surface area is 230 Å². The molecule has 2 aromatic carbocycles. The van der Waals surface area contributed by atoms with E-state index in [1.807, 2.05) is 14.1 Å². The Bertz CT molecular complexity index is 1360. The van der Waals surface area contributed by atoms with Crippen LogP contribution >= 0.6 is 0 Å². The minimum Gasteiger partial charge on any atom is -0.454 e. The average molecular weight is 553 g/mol. The highest BCUT2D eigenvalue weighted by atomic mass is 19.1. The molecule has 0 saturated carbocycles. The van der Waals surface area contributed by atoms with Crippen LogP contribution in [0.15, 0.2) is 60.8 Å². The molecule has 0 aliphatic carbocycles. The zero-order valence-corrected chi connectivity index (χ0v) is 22.1. The Morgan fingerprint density at radius 2 is 1.57 bits per heavy atom. The van der Waals surface area contributed by atoms with Crippen molar-refractivity contribution in [2.24, 2.45) is 0 Å². The van der Waals surface area contributed by atoms with Gasteiger partial charge < -0.3 is 25.2 Å². The number of amides is 4. The minimum absolute atomic E-state index is 0.110. The largest absolute Gasteiger partial charge is 0.454 e. The fraction of sp³-hybridized carbons (Fsp3) is 0.286. The van der Waals surface area contributed by atoms with Gasteiger partial charge in [0.05, 0.1) is 0 Å². The number of likely N-dealkylation sites (tertiary alicyclic amines) is 1. The van der Waals surface area contributed by atoms with Crippen molar-refractivity contribution in [2.75, 3.05) is 43.1 Å². The minimum atomic E-state index is -0.750. The highest BCUT2D eigenvalue weighted by Crippen LogP contribution is 2.28. The molecule has 10 nitrogen and oxygen atoms in total. The zero-order chi connectivity index (χ0) is 28.6. The summed E-state index contributed by atoms with van der Waals surface area (Å²) in [5.41, 5.74) is 0.473. The van der Waals surface area contributed by atoms with Crippen LogP contribution in [0.3, 0.4) is 0 Å². The maximum Gasteiger partial charge on any atom is 0.323 e. The number of carbonyl (C=O) groups excluding carboxylic acids is 3. The molecule has 12 heteroatoms. The fourth-order valence-electron chi connectivity index (χ4n) is 4.19. The van der Waals surface area contributed by atoms with E-state index in [-0.39, 0.29) is 29.0 Å². The van der Waals surface area contributed by atoms with Crippen LogP contribution in [-0.2, 0) is 9.59 Å². The smallest absolute Gasteiger partial charge is 0.323 e. The van der Waals surface area contributed by atoms with Gasteiger partial charge in [-0.2, -0.15) is 0 Å². The van der Waals surface area contributed by atoms with Crippen LogP contribution in [0.4, 0.5) is 30.8 Å². The highest BCUT2D eigenvalue weighted by molar-refractivity contribution is 6.08. The maximum atomic E-state index is 14.7. The first kappa shape index (κ1) is 28.4. The van der Waals surface area contributed by atoms with E-state index >= 15 is 0 Å². The quantitative estimate of drug-likeness (QED) is 0.350. The van der Waals surface area contributed by atoms with Gasteiger partial charge in [-0.25, -0.2) is 18.6 Å². The molecule has 0 radical (unpaired) electrons. The molecule has 1 aromatic heterocycles. The van der Waals surface area contributed by atoms with E-state index in [2.05, 4.69) is 25.8 Å². The number of urea groups is 1. The number of rotatable bonds is 8. The van der Waals surface area contributed by atoms with Crippen molar-refractivity contribution in [1.29, 1.82) is 0 Å². The van der Waals surface area contributed by atoms with Crippen molar-refractivity contribution < 1.29 is 27.9 Å². The molecular weight excluding hydrogens is 522 g/mol. The summed E-state index contributed by atoms with van der Waals surface area (Å²) in [7, 11) is 4.06. The van der Waals surface area contributed by atoms with E-state index in [4.69, 9.17) is 4.74 Å². The van der Waals surface area contributed by atoms with E-state index in [0.29, 0.717) is 24.8 Å². The lowest BCUT2D eigenvalue weighted by Crippen LogP contribution is -2.46. The van der Waals surface area contributed by atoms with E-state index < -0.39 is 29.9 Å². The predicted molar refractivity (Wildman–Crippen MR) is 146 cm³/mol. The molecule has 3 aromatic rings. The number of halogens is 2. The predicted octanol–water partition coefficient (Wildman–Crippen LogP) is 4.68. The van der Waals surface area contributed by atoms with Gasteiger partial charge in [0, 0.05) is 48.8 Å². The molecule has 2 heterocycles. The SMILES string of the molecule is CN(C)C1CCN(C(=O)Nc2cc(Oc3ccc(NC(=O)CC(=O)Nc4ccc(F)cc4)cc3F)ccn2)CC1. The Hall–Kier alpha value is -4.58. The number of anilines is 3. The summed E-state index contributed by atoms with van der Waals surface area (Å²) >= 11 is 0. The first-order chi connectivity index (χ1) is 19.2. The lowest BCUT2D eigenvalue weighted by molar-refractivity contribution is -0.123. The summed E-state index contributed by atoms with van der Waals surface area (Å²) in [6.07, 6.45) is 2.69. The van der Waals surface area contributed by atoms with Gasteiger partial charge in [0.1, 0.15) is 23.8 Å². The van der Waals surface area contributed by atoms with Crippen molar-refractivity contribution in [3.05, 3.63) is 72.4 Å².